The van der Waals surface area contributed by atoms with Crippen LogP contribution in [0.15, 0.2) is 96.6 Å². The van der Waals surface area contributed by atoms with Crippen molar-refractivity contribution >= 4 is 58.2 Å². The zero-order valence-corrected chi connectivity index (χ0v) is 31.2. The van der Waals surface area contributed by atoms with Crippen molar-refractivity contribution in [1.82, 2.24) is 5.01 Å². The fraction of sp³-hybridized carbons (Fsp3) is 0.286. The third kappa shape index (κ3) is 5.29. The highest BCUT2D eigenvalue weighted by molar-refractivity contribution is 6.36. The highest BCUT2D eigenvalue weighted by Crippen LogP contribution is 2.65. The first-order valence-electron chi connectivity index (χ1n) is 17.8. The number of allylic oxidation sites excluding steroid dienone is 2. The Balaban J connectivity index is 1.33. The Morgan fingerprint density at radius 3 is 2.20 bits per heavy atom. The second-order valence-electron chi connectivity index (χ2n) is 14.2. The van der Waals surface area contributed by atoms with E-state index in [1.54, 1.807) is 60.7 Å². The number of hydrazine groups is 1. The summed E-state index contributed by atoms with van der Waals surface area (Å²) >= 11 is 12.7. The van der Waals surface area contributed by atoms with Crippen molar-refractivity contribution in [3.05, 3.63) is 123 Å². The van der Waals surface area contributed by atoms with E-state index < -0.39 is 46.8 Å². The predicted octanol–water partition coefficient (Wildman–Crippen LogP) is 7.47. The summed E-state index contributed by atoms with van der Waals surface area (Å²) in [7, 11) is 3.04. The van der Waals surface area contributed by atoms with Crippen LogP contribution in [0.25, 0.3) is 0 Å². The van der Waals surface area contributed by atoms with Crippen LogP contribution in [0.4, 0.5) is 11.4 Å². The molecule has 8 rings (SSSR count). The average molecular weight is 767 g/mol. The van der Waals surface area contributed by atoms with E-state index in [0.717, 1.165) is 17.0 Å². The molecule has 3 fully saturated rings. The number of halogens is 2. The van der Waals surface area contributed by atoms with Gasteiger partial charge in [0.15, 0.2) is 0 Å². The molecule has 4 aliphatic rings. The van der Waals surface area contributed by atoms with Crippen molar-refractivity contribution in [2.24, 2.45) is 23.7 Å². The van der Waals surface area contributed by atoms with Crippen molar-refractivity contribution in [2.45, 2.75) is 37.5 Å². The second-order valence-corrected chi connectivity index (χ2v) is 15.0. The molecule has 4 amide bonds. The predicted molar refractivity (Wildman–Crippen MR) is 204 cm³/mol. The number of rotatable bonds is 8. The van der Waals surface area contributed by atoms with E-state index >= 15 is 4.79 Å². The number of benzene rings is 4. The van der Waals surface area contributed by atoms with Gasteiger partial charge >= 0.3 is 0 Å². The third-order valence-electron chi connectivity index (χ3n) is 11.7. The number of hydrogen-bond acceptors (Lipinski definition) is 8. The molecule has 0 aromatic heterocycles. The van der Waals surface area contributed by atoms with Gasteiger partial charge in [-0.25, -0.2) is 0 Å². The standard InChI is InChI=1S/C42H37Cl2N3O7/c1-4-22-5-10-25(11-6-22)46-38(49)29-16-15-28-30(36(29)40(46)51)21-32-39(50)47(45-34-17-9-24(43)19-33(34)44)41(52)42(32,23-7-12-26(53-2)13-8-23)37(28)31-20-27(54-3)14-18-35(31)48/h5-15,17-20,29-30,32,36-37,45,48H,4,16,21H2,1-3H3/t29-,30+,32-,36-,37+,42+/m0/s1. The van der Waals surface area contributed by atoms with Crippen LogP contribution in [0, 0.1) is 23.7 Å². The molecular formula is C42H37Cl2N3O7. The summed E-state index contributed by atoms with van der Waals surface area (Å²) in [5, 5.41) is 13.2. The number of fused-ring (bicyclic) bond motifs is 4. The number of nitrogens with zero attached hydrogens (tertiary/aromatic N) is 2. The van der Waals surface area contributed by atoms with Gasteiger partial charge in [0.2, 0.25) is 11.8 Å². The van der Waals surface area contributed by atoms with Crippen molar-refractivity contribution in [2.75, 3.05) is 24.5 Å². The molecule has 2 saturated heterocycles. The van der Waals surface area contributed by atoms with Crippen LogP contribution < -0.4 is 19.8 Å². The van der Waals surface area contributed by atoms with Gasteiger partial charge in [0.25, 0.3) is 11.8 Å². The van der Waals surface area contributed by atoms with Crippen molar-refractivity contribution in [3.63, 3.8) is 0 Å². The van der Waals surface area contributed by atoms with E-state index in [1.165, 1.54) is 31.3 Å². The van der Waals surface area contributed by atoms with E-state index in [1.807, 2.05) is 25.1 Å². The summed E-state index contributed by atoms with van der Waals surface area (Å²) in [6.45, 7) is 2.03. The molecule has 10 nitrogen and oxygen atoms in total. The van der Waals surface area contributed by atoms with E-state index in [9.17, 15) is 19.5 Å². The first-order valence-corrected chi connectivity index (χ1v) is 18.6. The molecule has 4 aromatic carbocycles. The molecule has 0 bridgehead atoms. The zero-order chi connectivity index (χ0) is 38.1. The molecule has 54 heavy (non-hydrogen) atoms. The number of hydrogen-bond donors (Lipinski definition) is 2. The zero-order valence-electron chi connectivity index (χ0n) is 29.7. The van der Waals surface area contributed by atoms with E-state index in [-0.39, 0.29) is 41.1 Å². The van der Waals surface area contributed by atoms with Gasteiger partial charge in [-0.15, -0.1) is 0 Å². The molecule has 0 unspecified atom stereocenters. The third-order valence-corrected chi connectivity index (χ3v) is 12.3. The lowest BCUT2D eigenvalue weighted by Gasteiger charge is -2.50. The quantitative estimate of drug-likeness (QED) is 0.140. The molecule has 2 heterocycles. The minimum absolute atomic E-state index is 0.0823. The maximum Gasteiger partial charge on any atom is 0.260 e. The number of methoxy groups -OCH3 is 2. The van der Waals surface area contributed by atoms with Crippen LogP contribution in [0.2, 0.25) is 10.0 Å². The summed E-state index contributed by atoms with van der Waals surface area (Å²) in [5.41, 5.74) is 4.76. The van der Waals surface area contributed by atoms with Gasteiger partial charge in [0.1, 0.15) is 17.2 Å². The number of ether oxygens (including phenoxy) is 2. The lowest BCUT2D eigenvalue weighted by atomic mass is 9.49. The summed E-state index contributed by atoms with van der Waals surface area (Å²) in [6, 6.07) is 23.8. The van der Waals surface area contributed by atoms with Gasteiger partial charge in [-0.1, -0.05) is 66.0 Å². The highest BCUT2D eigenvalue weighted by Gasteiger charge is 2.70. The van der Waals surface area contributed by atoms with Crippen LogP contribution in [-0.2, 0) is 31.0 Å². The smallest absolute Gasteiger partial charge is 0.260 e. The Morgan fingerprint density at radius 1 is 0.833 bits per heavy atom. The van der Waals surface area contributed by atoms with Crippen LogP contribution in [0.1, 0.15) is 42.4 Å². The normalized spacial score (nSPS) is 25.9. The lowest BCUT2D eigenvalue weighted by molar-refractivity contribution is -0.138. The number of imide groups is 2. The fourth-order valence-corrected chi connectivity index (χ4v) is 9.66. The van der Waals surface area contributed by atoms with Crippen molar-refractivity contribution < 1.29 is 33.8 Å². The second kappa shape index (κ2) is 13.5. The van der Waals surface area contributed by atoms with Gasteiger partial charge in [-0.2, -0.15) is 5.01 Å². The summed E-state index contributed by atoms with van der Waals surface area (Å²) in [4.78, 5) is 60.4. The fourth-order valence-electron chi connectivity index (χ4n) is 9.21. The SMILES string of the molecule is CCc1ccc(N2C(=O)[C@H]3[C@H](CC=C4[C@H]3C[C@H]3C(=O)N(Nc5ccc(Cl)cc5Cl)C(=O)[C@@]3(c3ccc(OC)cc3)[C@H]4c3cc(OC)ccc3O)C2=O)cc1. The Labute approximate surface area is 322 Å². The van der Waals surface area contributed by atoms with Gasteiger partial charge in [-0.3, -0.25) is 29.5 Å². The van der Waals surface area contributed by atoms with Crippen molar-refractivity contribution in [1.29, 1.82) is 0 Å². The molecule has 0 spiro atoms. The first kappa shape index (κ1) is 35.7. The van der Waals surface area contributed by atoms with Crippen LogP contribution >= 0.6 is 23.2 Å². The first-order chi connectivity index (χ1) is 26.0. The molecule has 2 N–H and O–H groups in total. The number of amides is 4. The minimum atomic E-state index is -1.63. The maximum absolute atomic E-state index is 15.4. The Morgan fingerprint density at radius 2 is 1.54 bits per heavy atom. The Hall–Kier alpha value is -5.32. The Bertz CT molecular complexity index is 2240. The molecule has 2 aliphatic carbocycles. The maximum atomic E-state index is 15.4. The molecule has 12 heteroatoms. The molecule has 0 radical (unpaired) electrons. The van der Waals surface area contributed by atoms with Crippen LogP contribution in [0.5, 0.6) is 17.2 Å². The summed E-state index contributed by atoms with van der Waals surface area (Å²) in [6.07, 6.45) is 3.07. The number of carbonyl (C=O) groups excluding carboxylic acids is 4. The number of phenols is 1. The molecule has 276 valence electrons. The van der Waals surface area contributed by atoms with Crippen LogP contribution in [-0.4, -0.2) is 48.0 Å². The van der Waals surface area contributed by atoms with Gasteiger partial charge in [0, 0.05) is 16.5 Å². The molecule has 4 aromatic rings. The molecule has 2 aliphatic heterocycles. The monoisotopic (exact) mass is 765 g/mol. The van der Waals surface area contributed by atoms with Gasteiger partial charge in [-0.05, 0) is 97.0 Å². The number of anilines is 2. The highest BCUT2D eigenvalue weighted by atomic mass is 35.5. The molecular weight excluding hydrogens is 729 g/mol. The van der Waals surface area contributed by atoms with E-state index in [4.69, 9.17) is 32.7 Å². The summed E-state index contributed by atoms with van der Waals surface area (Å²) in [5.74, 6) is -5.02. The largest absolute Gasteiger partial charge is 0.508 e. The number of nitrogens with one attached hydrogen (secondary N) is 1. The van der Waals surface area contributed by atoms with Crippen molar-refractivity contribution in [3.8, 4) is 17.2 Å². The average Bonchev–Trinajstić information content (AvgIpc) is 3.56. The Kier molecular flexibility index (Phi) is 8.93. The van der Waals surface area contributed by atoms with Gasteiger partial charge in [0.05, 0.1) is 53.8 Å². The van der Waals surface area contributed by atoms with E-state index in [2.05, 4.69) is 5.43 Å². The van der Waals surface area contributed by atoms with E-state index in [0.29, 0.717) is 38.9 Å². The summed E-state index contributed by atoms with van der Waals surface area (Å²) < 4.78 is 11.1. The molecule has 6 atom stereocenters. The number of phenolic OH excluding ortho intramolecular Hbond substituents is 1. The lowest BCUT2D eigenvalue weighted by Crippen LogP contribution is -2.53. The minimum Gasteiger partial charge on any atom is -0.508 e. The number of aromatic hydroxyl groups is 1. The topological polar surface area (TPSA) is 125 Å². The van der Waals surface area contributed by atoms with Crippen LogP contribution in [0.3, 0.4) is 0 Å². The molecule has 1 saturated carbocycles. The number of aryl methyl sites for hydroxylation is 1. The number of carbonyl (C=O) groups is 4. The van der Waals surface area contributed by atoms with Gasteiger partial charge < -0.3 is 14.6 Å².